The van der Waals surface area contributed by atoms with Crippen LogP contribution < -0.4 is 15.2 Å². The van der Waals surface area contributed by atoms with Gasteiger partial charge in [-0.1, -0.05) is 24.3 Å². The maximum atomic E-state index is 8.52. The second-order valence-corrected chi connectivity index (χ2v) is 3.93. The van der Waals surface area contributed by atoms with Gasteiger partial charge in [0, 0.05) is 0 Å². The summed E-state index contributed by atoms with van der Waals surface area (Å²) in [6, 6.07) is 16.3. The summed E-state index contributed by atoms with van der Waals surface area (Å²) in [6.45, 7) is 0. The first-order valence-electron chi connectivity index (χ1n) is 6.14. The third-order valence-corrected chi connectivity index (χ3v) is 2.62. The highest BCUT2D eigenvalue weighted by Gasteiger charge is 2.02. The highest BCUT2D eigenvalue weighted by atomic mass is 16.5. The van der Waals surface area contributed by atoms with E-state index in [4.69, 9.17) is 25.9 Å². The van der Waals surface area contributed by atoms with E-state index in [1.807, 2.05) is 24.3 Å². The van der Waals surface area contributed by atoms with Crippen LogP contribution in [0.2, 0.25) is 0 Å². The fourth-order valence-electron chi connectivity index (χ4n) is 1.60. The number of amidine groups is 1. The van der Waals surface area contributed by atoms with Crippen molar-refractivity contribution in [3.05, 3.63) is 59.7 Å². The van der Waals surface area contributed by atoms with Crippen molar-refractivity contribution in [1.29, 1.82) is 10.7 Å². The molecule has 0 aliphatic heterocycles. The Bertz CT molecular complexity index is 648. The lowest BCUT2D eigenvalue weighted by molar-refractivity contribution is 0.413. The molecule has 0 saturated heterocycles. The van der Waals surface area contributed by atoms with Crippen molar-refractivity contribution in [2.24, 2.45) is 5.73 Å². The molecule has 0 saturated carbocycles. The molecule has 0 radical (unpaired) electrons. The van der Waals surface area contributed by atoms with Gasteiger partial charge in [0.15, 0.2) is 0 Å². The average Bonchev–Trinajstić information content (AvgIpc) is 2.55. The Morgan fingerprint density at radius 1 is 1.00 bits per heavy atom. The Morgan fingerprint density at radius 3 is 1.95 bits per heavy atom. The number of nitrogen functional groups attached to an aromatic ring is 1. The van der Waals surface area contributed by atoms with E-state index in [0.717, 1.165) is 0 Å². The van der Waals surface area contributed by atoms with Crippen LogP contribution in [0.15, 0.2) is 48.5 Å². The topological polar surface area (TPSA) is 92.1 Å². The SMILES string of the molecule is COc1ccccc1C#N.COc1ccccc1C(=N)N. The summed E-state index contributed by atoms with van der Waals surface area (Å²) in [5.74, 6) is 1.30. The van der Waals surface area contributed by atoms with Gasteiger partial charge in [-0.05, 0) is 24.3 Å². The van der Waals surface area contributed by atoms with Crippen LogP contribution >= 0.6 is 0 Å². The molecule has 0 aliphatic rings. The predicted molar refractivity (Wildman–Crippen MR) is 81.7 cm³/mol. The molecule has 0 spiro atoms. The van der Waals surface area contributed by atoms with Gasteiger partial charge in [-0.3, -0.25) is 5.41 Å². The van der Waals surface area contributed by atoms with E-state index in [2.05, 4.69) is 0 Å². The zero-order chi connectivity index (χ0) is 15.7. The number of hydrogen-bond donors (Lipinski definition) is 2. The second kappa shape index (κ2) is 8.23. The summed E-state index contributed by atoms with van der Waals surface area (Å²) in [6.07, 6.45) is 0. The largest absolute Gasteiger partial charge is 0.496 e. The lowest BCUT2D eigenvalue weighted by Gasteiger charge is -2.04. The quantitative estimate of drug-likeness (QED) is 0.668. The van der Waals surface area contributed by atoms with Crippen LogP contribution in [0.25, 0.3) is 0 Å². The Morgan fingerprint density at radius 2 is 1.52 bits per heavy atom. The minimum absolute atomic E-state index is 0.0300. The summed E-state index contributed by atoms with van der Waals surface area (Å²) in [4.78, 5) is 0. The summed E-state index contributed by atoms with van der Waals surface area (Å²) in [5.41, 5.74) is 6.50. The number of rotatable bonds is 3. The maximum Gasteiger partial charge on any atom is 0.136 e. The van der Waals surface area contributed by atoms with Crippen molar-refractivity contribution >= 4 is 5.84 Å². The van der Waals surface area contributed by atoms with Crippen LogP contribution in [0.3, 0.4) is 0 Å². The highest BCUT2D eigenvalue weighted by Crippen LogP contribution is 2.16. The van der Waals surface area contributed by atoms with E-state index < -0.39 is 0 Å². The molecule has 108 valence electrons. The number of ether oxygens (including phenoxy) is 2. The van der Waals surface area contributed by atoms with Crippen LogP contribution in [-0.2, 0) is 0 Å². The molecule has 2 aromatic carbocycles. The number of para-hydroxylation sites is 2. The second-order valence-electron chi connectivity index (χ2n) is 3.93. The van der Waals surface area contributed by atoms with E-state index >= 15 is 0 Å². The van der Waals surface area contributed by atoms with E-state index in [0.29, 0.717) is 22.6 Å². The van der Waals surface area contributed by atoms with Crippen molar-refractivity contribution in [2.75, 3.05) is 14.2 Å². The van der Waals surface area contributed by atoms with E-state index in [-0.39, 0.29) is 5.84 Å². The Balaban J connectivity index is 0.000000211. The lowest BCUT2D eigenvalue weighted by Crippen LogP contribution is -2.12. The predicted octanol–water partition coefficient (Wildman–Crippen LogP) is 2.55. The molecule has 0 amide bonds. The van der Waals surface area contributed by atoms with E-state index in [1.54, 1.807) is 44.6 Å². The minimum Gasteiger partial charge on any atom is -0.496 e. The first-order valence-corrected chi connectivity index (χ1v) is 6.14. The van der Waals surface area contributed by atoms with Crippen molar-refractivity contribution < 1.29 is 9.47 Å². The van der Waals surface area contributed by atoms with Crippen LogP contribution in [0.1, 0.15) is 11.1 Å². The van der Waals surface area contributed by atoms with Crippen molar-refractivity contribution in [1.82, 2.24) is 0 Å². The van der Waals surface area contributed by atoms with Gasteiger partial charge in [0.25, 0.3) is 0 Å². The number of nitrogens with zero attached hydrogens (tertiary/aromatic N) is 1. The molecule has 0 heterocycles. The molecule has 0 fully saturated rings. The number of benzene rings is 2. The zero-order valence-corrected chi connectivity index (χ0v) is 12.0. The standard InChI is InChI=1S/C8H10N2O.C8H7NO/c1-11-7-5-3-2-4-6(7)8(9)10;1-10-8-5-3-2-4-7(8)6-9/h2-5H,1H3,(H3,9,10);2-5H,1H3. The van der Waals surface area contributed by atoms with Crippen molar-refractivity contribution in [3.8, 4) is 17.6 Å². The molecule has 2 rings (SSSR count). The highest BCUT2D eigenvalue weighted by molar-refractivity contribution is 5.97. The van der Waals surface area contributed by atoms with Crippen LogP contribution in [-0.4, -0.2) is 20.1 Å². The molecule has 0 bridgehead atoms. The average molecular weight is 283 g/mol. The molecule has 21 heavy (non-hydrogen) atoms. The monoisotopic (exact) mass is 283 g/mol. The molecule has 0 unspecified atom stereocenters. The molecule has 5 heteroatoms. The number of nitrogens with two attached hydrogens (primary N) is 1. The minimum atomic E-state index is 0.0300. The van der Waals surface area contributed by atoms with Gasteiger partial charge < -0.3 is 15.2 Å². The molecular weight excluding hydrogens is 266 g/mol. The normalized spacial score (nSPS) is 8.81. The third-order valence-electron chi connectivity index (χ3n) is 2.62. The number of methoxy groups -OCH3 is 2. The number of nitrogens with one attached hydrogen (secondary N) is 1. The fraction of sp³-hybridized carbons (Fsp3) is 0.125. The van der Waals surface area contributed by atoms with Crippen LogP contribution in [0.4, 0.5) is 0 Å². The first-order chi connectivity index (χ1) is 10.1. The summed E-state index contributed by atoms with van der Waals surface area (Å²) in [7, 11) is 3.11. The van der Waals surface area contributed by atoms with E-state index in [1.165, 1.54) is 0 Å². The third kappa shape index (κ3) is 4.55. The Hall–Kier alpha value is -3.00. The molecule has 0 aliphatic carbocycles. The van der Waals surface area contributed by atoms with Crippen molar-refractivity contribution in [2.45, 2.75) is 0 Å². The lowest BCUT2D eigenvalue weighted by atomic mass is 10.2. The van der Waals surface area contributed by atoms with Gasteiger partial charge in [-0.2, -0.15) is 5.26 Å². The van der Waals surface area contributed by atoms with E-state index in [9.17, 15) is 0 Å². The Labute approximate surface area is 124 Å². The van der Waals surface area contributed by atoms with Gasteiger partial charge in [0.2, 0.25) is 0 Å². The molecule has 0 aromatic heterocycles. The smallest absolute Gasteiger partial charge is 0.136 e. The zero-order valence-electron chi connectivity index (χ0n) is 12.0. The number of hydrogen-bond acceptors (Lipinski definition) is 4. The van der Waals surface area contributed by atoms with Gasteiger partial charge >= 0.3 is 0 Å². The molecule has 0 atom stereocenters. The van der Waals surface area contributed by atoms with Gasteiger partial charge in [0.1, 0.15) is 23.4 Å². The van der Waals surface area contributed by atoms with Crippen LogP contribution in [0.5, 0.6) is 11.5 Å². The fourth-order valence-corrected chi connectivity index (χ4v) is 1.60. The molecule has 3 N–H and O–H groups in total. The van der Waals surface area contributed by atoms with Crippen LogP contribution in [0, 0.1) is 16.7 Å². The number of nitriles is 1. The summed E-state index contributed by atoms with van der Waals surface area (Å²) < 4.78 is 9.90. The van der Waals surface area contributed by atoms with Gasteiger partial charge in [-0.15, -0.1) is 0 Å². The van der Waals surface area contributed by atoms with Gasteiger partial charge in [-0.25, -0.2) is 0 Å². The Kier molecular flexibility index (Phi) is 6.29. The first kappa shape index (κ1) is 16.1. The molecular formula is C16H17N3O2. The summed E-state index contributed by atoms with van der Waals surface area (Å²) in [5, 5.41) is 15.7. The molecule has 2 aromatic rings. The summed E-state index contributed by atoms with van der Waals surface area (Å²) >= 11 is 0. The van der Waals surface area contributed by atoms with Crippen molar-refractivity contribution in [3.63, 3.8) is 0 Å². The maximum absolute atomic E-state index is 8.52. The van der Waals surface area contributed by atoms with Gasteiger partial charge in [0.05, 0.1) is 25.3 Å². The molecule has 5 nitrogen and oxygen atoms in total.